The molecule has 11 aromatic rings. The van der Waals surface area contributed by atoms with E-state index in [9.17, 15) is 0 Å². The lowest BCUT2D eigenvalue weighted by atomic mass is 10.0. The van der Waals surface area contributed by atoms with E-state index in [2.05, 4.69) is 132 Å². The van der Waals surface area contributed by atoms with Crippen LogP contribution < -0.4 is 4.90 Å². The Kier molecular flexibility index (Phi) is 5.08. The smallest absolute Gasteiger partial charge is 0.143 e. The second-order valence-electron chi connectivity index (χ2n) is 12.5. The van der Waals surface area contributed by atoms with Gasteiger partial charge in [-0.1, -0.05) is 78.9 Å². The summed E-state index contributed by atoms with van der Waals surface area (Å²) in [5, 5.41) is 11.3. The molecule has 0 saturated heterocycles. The summed E-state index contributed by atoms with van der Waals surface area (Å²) in [5.74, 6) is 0. The summed E-state index contributed by atoms with van der Waals surface area (Å²) in [6, 6.07) is 53.1. The number of fused-ring (bicyclic) bond motifs is 13. The molecule has 4 nitrogen and oxygen atoms in total. The molecule has 3 aromatic heterocycles. The van der Waals surface area contributed by atoms with Gasteiger partial charge in [0, 0.05) is 66.9 Å². The van der Waals surface area contributed by atoms with Gasteiger partial charge in [-0.25, -0.2) is 0 Å². The average Bonchev–Trinajstić information content (AvgIpc) is 3.82. The van der Waals surface area contributed by atoms with E-state index < -0.39 is 0 Å². The highest BCUT2D eigenvalue weighted by molar-refractivity contribution is 6.19. The molecule has 0 fully saturated rings. The van der Waals surface area contributed by atoms with E-state index in [4.69, 9.17) is 13.3 Å². The normalized spacial score (nSPS) is 12.2. The summed E-state index contributed by atoms with van der Waals surface area (Å²) in [6.07, 6.45) is 0. The third-order valence-corrected chi connectivity index (χ3v) is 9.83. The fourth-order valence-corrected chi connectivity index (χ4v) is 7.61. The van der Waals surface area contributed by atoms with Crippen LogP contribution in [0.15, 0.2) is 165 Å². The van der Waals surface area contributed by atoms with Crippen LogP contribution in [0.25, 0.3) is 87.4 Å². The molecule has 0 aliphatic carbocycles. The van der Waals surface area contributed by atoms with Crippen LogP contribution >= 0.6 is 0 Å². The number of benzene rings is 8. The van der Waals surface area contributed by atoms with Gasteiger partial charge in [0.15, 0.2) is 0 Å². The lowest BCUT2D eigenvalue weighted by molar-refractivity contribution is 0.668. The molecule has 0 N–H and O–H groups in total. The Morgan fingerprint density at radius 3 is 1.67 bits per heavy atom. The van der Waals surface area contributed by atoms with E-state index in [1.165, 1.54) is 5.39 Å². The summed E-state index contributed by atoms with van der Waals surface area (Å²) in [6.45, 7) is 0. The fourth-order valence-electron chi connectivity index (χ4n) is 7.61. The van der Waals surface area contributed by atoms with Crippen LogP contribution in [0, 0.1) is 0 Å². The largest absolute Gasteiger partial charge is 0.456 e. The highest BCUT2D eigenvalue weighted by atomic mass is 16.3. The van der Waals surface area contributed by atoms with Crippen molar-refractivity contribution in [2.45, 2.75) is 0 Å². The first-order valence-corrected chi connectivity index (χ1v) is 16.2. The van der Waals surface area contributed by atoms with Crippen LogP contribution in [0.5, 0.6) is 0 Å². The predicted molar refractivity (Wildman–Crippen MR) is 198 cm³/mol. The topological polar surface area (TPSA) is 42.7 Å². The van der Waals surface area contributed by atoms with Crippen LogP contribution in [0.4, 0.5) is 17.1 Å². The molecule has 0 unspecified atom stereocenters. The van der Waals surface area contributed by atoms with Gasteiger partial charge in [-0.05, 0) is 76.8 Å². The van der Waals surface area contributed by atoms with Crippen molar-refractivity contribution in [3.05, 3.63) is 152 Å². The second kappa shape index (κ2) is 9.50. The van der Waals surface area contributed by atoms with Gasteiger partial charge in [0.1, 0.15) is 33.5 Å². The van der Waals surface area contributed by atoms with Gasteiger partial charge >= 0.3 is 0 Å². The van der Waals surface area contributed by atoms with E-state index in [-0.39, 0.29) is 0 Å². The highest BCUT2D eigenvalue weighted by Crippen LogP contribution is 2.43. The molecular formula is C44H25NO3. The molecule has 0 spiro atoms. The SMILES string of the molecule is c1ccc2c(c1)ccc1c3ccc(N(c4ccc5c(ccc6oc7ccccc7c65)c4)c4ccc5c(c4)oc4ccccc45)cc3oc21. The quantitative estimate of drug-likeness (QED) is 0.198. The number of hydrogen-bond donors (Lipinski definition) is 0. The van der Waals surface area contributed by atoms with E-state index in [0.29, 0.717) is 0 Å². The minimum atomic E-state index is 0.848. The van der Waals surface area contributed by atoms with Crippen molar-refractivity contribution < 1.29 is 13.3 Å². The maximum atomic E-state index is 6.63. The predicted octanol–water partition coefficient (Wildman–Crippen LogP) is 13.2. The van der Waals surface area contributed by atoms with Crippen molar-refractivity contribution in [3.63, 3.8) is 0 Å². The van der Waals surface area contributed by atoms with E-state index in [1.54, 1.807) is 0 Å². The van der Waals surface area contributed by atoms with Gasteiger partial charge < -0.3 is 18.2 Å². The van der Waals surface area contributed by atoms with Gasteiger partial charge in [0.05, 0.1) is 0 Å². The molecule has 11 rings (SSSR count). The van der Waals surface area contributed by atoms with Crippen LogP contribution in [0.1, 0.15) is 0 Å². The molecule has 3 heterocycles. The van der Waals surface area contributed by atoms with Crippen molar-refractivity contribution >= 4 is 104 Å². The molecule has 0 atom stereocenters. The van der Waals surface area contributed by atoms with Crippen molar-refractivity contribution in [1.29, 1.82) is 0 Å². The fraction of sp³-hybridized carbons (Fsp3) is 0. The second-order valence-corrected chi connectivity index (χ2v) is 12.5. The summed E-state index contributed by atoms with van der Waals surface area (Å²) in [4.78, 5) is 2.29. The Morgan fingerprint density at radius 2 is 0.854 bits per heavy atom. The molecular weight excluding hydrogens is 590 g/mol. The van der Waals surface area contributed by atoms with Gasteiger partial charge in [0.25, 0.3) is 0 Å². The monoisotopic (exact) mass is 615 g/mol. The van der Waals surface area contributed by atoms with Crippen LogP contribution in [-0.4, -0.2) is 0 Å². The summed E-state index contributed by atoms with van der Waals surface area (Å²) < 4.78 is 19.2. The standard InChI is InChI=1S/C44H25NO3/c1-2-8-32-26(7-1)13-18-36-35-21-17-30(25-42(35)48-44(32)36)45(29-16-20-34-33-9-3-5-11-38(33)47-41(34)24-29)28-15-19-31-27(23-28)14-22-40-43(31)37-10-4-6-12-39(37)46-40/h1-25H. The minimum absolute atomic E-state index is 0.848. The first-order valence-electron chi connectivity index (χ1n) is 16.2. The maximum absolute atomic E-state index is 6.63. The van der Waals surface area contributed by atoms with Crippen LogP contribution in [-0.2, 0) is 0 Å². The lowest BCUT2D eigenvalue weighted by Crippen LogP contribution is -2.09. The third kappa shape index (κ3) is 3.60. The van der Waals surface area contributed by atoms with E-state index in [0.717, 1.165) is 99.0 Å². The number of rotatable bonds is 3. The van der Waals surface area contributed by atoms with E-state index >= 15 is 0 Å². The number of hydrogen-bond acceptors (Lipinski definition) is 4. The molecule has 4 heteroatoms. The third-order valence-electron chi connectivity index (χ3n) is 9.83. The van der Waals surface area contributed by atoms with Crippen molar-refractivity contribution in [1.82, 2.24) is 0 Å². The lowest BCUT2D eigenvalue weighted by Gasteiger charge is -2.26. The van der Waals surface area contributed by atoms with E-state index in [1.807, 2.05) is 24.3 Å². The Bertz CT molecular complexity index is 3070. The number of furan rings is 3. The number of para-hydroxylation sites is 2. The molecule has 8 aromatic carbocycles. The average molecular weight is 616 g/mol. The molecule has 0 radical (unpaired) electrons. The van der Waals surface area contributed by atoms with Gasteiger partial charge in [0.2, 0.25) is 0 Å². The summed E-state index contributed by atoms with van der Waals surface area (Å²) in [5.41, 5.74) is 8.32. The minimum Gasteiger partial charge on any atom is -0.456 e. The summed E-state index contributed by atoms with van der Waals surface area (Å²) >= 11 is 0. The van der Waals surface area contributed by atoms with Crippen LogP contribution in [0.2, 0.25) is 0 Å². The molecule has 0 saturated carbocycles. The Balaban J connectivity index is 1.15. The van der Waals surface area contributed by atoms with Crippen molar-refractivity contribution in [2.75, 3.05) is 4.90 Å². The van der Waals surface area contributed by atoms with Gasteiger partial charge in [-0.3, -0.25) is 0 Å². The number of nitrogens with zero attached hydrogens (tertiary/aromatic N) is 1. The maximum Gasteiger partial charge on any atom is 0.143 e. The van der Waals surface area contributed by atoms with Gasteiger partial charge in [-0.2, -0.15) is 0 Å². The molecule has 224 valence electrons. The van der Waals surface area contributed by atoms with Crippen molar-refractivity contribution in [2.24, 2.45) is 0 Å². The highest BCUT2D eigenvalue weighted by Gasteiger charge is 2.19. The van der Waals surface area contributed by atoms with Crippen molar-refractivity contribution in [3.8, 4) is 0 Å². The summed E-state index contributed by atoms with van der Waals surface area (Å²) in [7, 11) is 0. The first-order chi connectivity index (χ1) is 23.8. The molecule has 0 bridgehead atoms. The Hall–Kier alpha value is -6.52. The first kappa shape index (κ1) is 25.6. The molecule has 0 amide bonds. The zero-order valence-electron chi connectivity index (χ0n) is 25.6. The molecule has 48 heavy (non-hydrogen) atoms. The van der Waals surface area contributed by atoms with Gasteiger partial charge in [-0.15, -0.1) is 0 Å². The number of anilines is 3. The molecule has 0 aliphatic heterocycles. The molecule has 0 aliphatic rings. The Labute approximate surface area is 273 Å². The van der Waals surface area contributed by atoms with Crippen LogP contribution in [0.3, 0.4) is 0 Å². The zero-order chi connectivity index (χ0) is 31.3. The zero-order valence-corrected chi connectivity index (χ0v) is 25.6. The Morgan fingerprint density at radius 1 is 0.312 bits per heavy atom.